The van der Waals surface area contributed by atoms with Crippen LogP contribution in [0.1, 0.15) is 69.2 Å². The van der Waals surface area contributed by atoms with E-state index in [1.165, 1.54) is 46.8 Å². The highest BCUT2D eigenvalue weighted by Gasteiger charge is 2.39. The van der Waals surface area contributed by atoms with E-state index in [1.54, 1.807) is 0 Å². The predicted molar refractivity (Wildman–Crippen MR) is 121 cm³/mol. The molecule has 0 fully saturated rings. The zero-order valence-electron chi connectivity index (χ0n) is 18.8. The Kier molecular flexibility index (Phi) is 17.0. The van der Waals surface area contributed by atoms with Crippen LogP contribution in [0.15, 0.2) is 0 Å². The Hall–Kier alpha value is 0.926. The lowest BCUT2D eigenvalue weighted by Crippen LogP contribution is -2.49. The average Bonchev–Trinajstić information content (AvgIpc) is 2.57. The second-order valence-electron chi connectivity index (χ2n) is 8.14. The summed E-state index contributed by atoms with van der Waals surface area (Å²) in [6.45, 7) is 23.2. The van der Waals surface area contributed by atoms with Crippen molar-refractivity contribution < 1.29 is 4.12 Å². The maximum absolute atomic E-state index is 6.80. The van der Waals surface area contributed by atoms with Crippen LogP contribution in [-0.2, 0) is 4.12 Å². The summed E-state index contributed by atoms with van der Waals surface area (Å²) in [6.07, 6.45) is 0. The molecule has 0 saturated carbocycles. The Morgan fingerprint density at radius 3 is 1.00 bits per heavy atom. The van der Waals surface area contributed by atoms with Crippen molar-refractivity contribution in [2.45, 2.75) is 116 Å². The minimum Gasteiger partial charge on any atom is -0.455 e. The Balaban J connectivity index is 0. The van der Waals surface area contributed by atoms with E-state index < -0.39 is 16.6 Å². The third kappa shape index (κ3) is 11.5. The first-order valence-electron chi connectivity index (χ1n) is 10.7. The van der Waals surface area contributed by atoms with Crippen LogP contribution >= 0.6 is 0 Å². The second kappa shape index (κ2) is 15.0. The van der Waals surface area contributed by atoms with Gasteiger partial charge < -0.3 is 4.12 Å². The predicted octanol–water partition coefficient (Wildman–Crippen LogP) is 7.85. The van der Waals surface area contributed by atoms with E-state index in [4.69, 9.17) is 4.12 Å². The molecule has 1 radical (unpaired) electrons. The van der Waals surface area contributed by atoms with Crippen molar-refractivity contribution in [3.05, 3.63) is 0 Å². The minimum atomic E-state index is -1.35. The van der Waals surface area contributed by atoms with E-state index in [9.17, 15) is 0 Å². The molecule has 0 atom stereocenters. The molecule has 0 bridgehead atoms. The lowest BCUT2D eigenvalue weighted by atomic mass is 10.3. The zero-order chi connectivity index (χ0) is 19.2. The number of hydrogen-bond acceptors (Lipinski definition) is 1. The van der Waals surface area contributed by atoms with Gasteiger partial charge in [-0.25, -0.2) is 0 Å². The number of hydrogen-bond donors (Lipinski definition) is 0. The summed E-state index contributed by atoms with van der Waals surface area (Å²) in [5.74, 6) is 1.86. The van der Waals surface area contributed by atoms with Gasteiger partial charge in [-0.1, -0.05) is 81.1 Å². The maximum Gasteiger partial charge on any atom is 0.200 e. The van der Waals surface area contributed by atoms with Crippen LogP contribution in [-0.4, -0.2) is 31.9 Å². The van der Waals surface area contributed by atoms with Crippen molar-refractivity contribution in [2.75, 3.05) is 0 Å². The molecule has 0 amide bonds. The molecule has 0 rings (SSSR count). The van der Waals surface area contributed by atoms with E-state index in [2.05, 4.69) is 69.2 Å². The topological polar surface area (TPSA) is 9.23 Å². The van der Waals surface area contributed by atoms with Crippen LogP contribution in [0.2, 0.25) is 46.8 Å². The highest BCUT2D eigenvalue weighted by atomic mass is 28.4. The lowest BCUT2D eigenvalue weighted by molar-refractivity contribution is 0.509. The van der Waals surface area contributed by atoms with Gasteiger partial charge in [-0.3, -0.25) is 0 Å². The van der Waals surface area contributed by atoms with Gasteiger partial charge >= 0.3 is 0 Å². The first-order chi connectivity index (χ1) is 11.2. The summed E-state index contributed by atoms with van der Waals surface area (Å²) < 4.78 is 6.80. The Morgan fingerprint density at radius 2 is 0.833 bits per heavy atom. The van der Waals surface area contributed by atoms with E-state index >= 15 is 0 Å². The Morgan fingerprint density at radius 1 is 0.583 bits per heavy atom. The van der Waals surface area contributed by atoms with Crippen molar-refractivity contribution in [3.8, 4) is 0 Å². The average molecular weight is 388 g/mol. The Labute approximate surface area is 163 Å². The smallest absolute Gasteiger partial charge is 0.200 e. The van der Waals surface area contributed by atoms with Gasteiger partial charge in [0.1, 0.15) is 0 Å². The van der Waals surface area contributed by atoms with E-state index in [1.807, 2.05) is 0 Å². The van der Waals surface area contributed by atoms with Gasteiger partial charge in [-0.2, -0.15) is 0 Å². The van der Waals surface area contributed by atoms with E-state index in [0.717, 1.165) is 27.1 Å². The molecule has 0 aromatic carbocycles. The van der Waals surface area contributed by atoms with Gasteiger partial charge in [0.25, 0.3) is 0 Å². The molecule has 145 valence electrons. The van der Waals surface area contributed by atoms with Crippen molar-refractivity contribution >= 4 is 31.9 Å². The number of rotatable bonds is 12. The fraction of sp³-hybridized carbons (Fsp3) is 1.00. The molecule has 0 spiro atoms. The molecule has 0 aliphatic rings. The first-order valence-corrected chi connectivity index (χ1v) is 17.4. The third-order valence-electron chi connectivity index (χ3n) is 5.58. The molecule has 0 saturated heterocycles. The molecule has 24 heavy (non-hydrogen) atoms. The standard InChI is InChI=1S/C12H30OSi2.2C4H9.Al/c1-7-14(8-2,9-3)13-15(10-4,11-5)12-6;2*1-4(2)3;/h7-12H2,1-6H3;2*4H,1H2,2-3H3;. The van der Waals surface area contributed by atoms with Crippen LogP contribution in [0.5, 0.6) is 0 Å². The van der Waals surface area contributed by atoms with Crippen LogP contribution in [0.25, 0.3) is 0 Å². The fourth-order valence-electron chi connectivity index (χ4n) is 3.16. The molecule has 1 nitrogen and oxygen atoms in total. The molecule has 0 aliphatic heterocycles. The molecule has 0 heterocycles. The second-order valence-corrected chi connectivity index (χ2v) is 19.4. The quantitative estimate of drug-likeness (QED) is 0.310. The summed E-state index contributed by atoms with van der Waals surface area (Å²) >= 11 is 0.755. The van der Waals surface area contributed by atoms with Gasteiger partial charge in [-0.15, -0.1) is 10.6 Å². The fourth-order valence-corrected chi connectivity index (χ4v) is 14.8. The molecular weight excluding hydrogens is 339 g/mol. The largest absolute Gasteiger partial charge is 0.455 e. The molecule has 0 N–H and O–H groups in total. The first kappa shape index (κ1) is 27.1. The summed E-state index contributed by atoms with van der Waals surface area (Å²) in [4.78, 5) is 0. The summed E-state index contributed by atoms with van der Waals surface area (Å²) in [6, 6.07) is 7.80. The molecular formula is C20H48AlOSi2. The minimum absolute atomic E-state index is 0.755. The van der Waals surface area contributed by atoms with Gasteiger partial charge in [0.15, 0.2) is 16.6 Å². The molecule has 4 heteroatoms. The molecule has 0 unspecified atom stereocenters. The zero-order valence-corrected chi connectivity index (χ0v) is 22.0. The van der Waals surface area contributed by atoms with Crippen LogP contribution < -0.4 is 0 Å². The maximum atomic E-state index is 6.80. The van der Waals surface area contributed by atoms with Gasteiger partial charge in [0.05, 0.1) is 0 Å². The normalized spacial score (nSPS) is 12.3. The highest BCUT2D eigenvalue weighted by molar-refractivity contribution is 6.87. The Bertz CT molecular complexity index is 232. The lowest BCUT2D eigenvalue weighted by Gasteiger charge is -2.40. The van der Waals surface area contributed by atoms with E-state index in [-0.39, 0.29) is 0 Å². The SMILES string of the molecule is CC(C)[CH2][Al][CH2]C(C)C.CC[Si](CC)(CC)O[Si](CC)(CC)CC. The summed E-state index contributed by atoms with van der Waals surface area (Å²) in [5.41, 5.74) is 0. The van der Waals surface area contributed by atoms with Crippen LogP contribution in [0, 0.1) is 11.8 Å². The van der Waals surface area contributed by atoms with Crippen LogP contribution in [0.4, 0.5) is 0 Å². The summed E-state index contributed by atoms with van der Waals surface area (Å²) in [5, 5.41) is 2.97. The van der Waals surface area contributed by atoms with Crippen molar-refractivity contribution in [1.82, 2.24) is 0 Å². The van der Waals surface area contributed by atoms with Gasteiger partial charge in [0.2, 0.25) is 15.2 Å². The molecule has 0 aromatic rings. The third-order valence-corrected chi connectivity index (χ3v) is 19.3. The molecule has 0 aliphatic carbocycles. The van der Waals surface area contributed by atoms with Crippen LogP contribution in [0.3, 0.4) is 0 Å². The van der Waals surface area contributed by atoms with Crippen molar-refractivity contribution in [1.29, 1.82) is 0 Å². The van der Waals surface area contributed by atoms with E-state index in [0.29, 0.717) is 0 Å². The highest BCUT2D eigenvalue weighted by Crippen LogP contribution is 2.31. The van der Waals surface area contributed by atoms with Crippen molar-refractivity contribution in [3.63, 3.8) is 0 Å². The summed E-state index contributed by atoms with van der Waals surface area (Å²) in [7, 11) is -2.71. The monoisotopic (exact) mass is 387 g/mol. The molecule has 0 aromatic heterocycles. The van der Waals surface area contributed by atoms with Gasteiger partial charge in [0, 0.05) is 0 Å². The van der Waals surface area contributed by atoms with Crippen molar-refractivity contribution in [2.24, 2.45) is 11.8 Å². The van der Waals surface area contributed by atoms with Gasteiger partial charge in [-0.05, 0) is 36.3 Å².